The maximum Gasteiger partial charge on any atom is 0.120 e. The smallest absolute Gasteiger partial charge is 0.120 e. The zero-order valence-electron chi connectivity index (χ0n) is 11.8. The van der Waals surface area contributed by atoms with Crippen molar-refractivity contribution in [1.29, 1.82) is 0 Å². The molecule has 1 aromatic heterocycles. The van der Waals surface area contributed by atoms with Crippen LogP contribution in [0.4, 0.5) is 0 Å². The quantitative estimate of drug-likeness (QED) is 0.803. The van der Waals surface area contributed by atoms with Crippen LogP contribution in [0.1, 0.15) is 62.4 Å². The molecule has 0 radical (unpaired) electrons. The molecule has 1 saturated carbocycles. The van der Waals surface area contributed by atoms with Crippen LogP contribution in [0.3, 0.4) is 0 Å². The van der Waals surface area contributed by atoms with Gasteiger partial charge in [-0.05, 0) is 25.3 Å². The minimum Gasteiger partial charge on any atom is -0.315 e. The van der Waals surface area contributed by atoms with E-state index in [1.165, 1.54) is 29.3 Å². The summed E-state index contributed by atoms with van der Waals surface area (Å²) in [7, 11) is 0. The monoisotopic (exact) mass is 267 g/mol. The fourth-order valence-corrected chi connectivity index (χ4v) is 3.81. The van der Waals surface area contributed by atoms with Crippen molar-refractivity contribution in [3.63, 3.8) is 0 Å². The number of hydrogen-bond acceptors (Lipinski definition) is 4. The van der Waals surface area contributed by atoms with Gasteiger partial charge in [0.1, 0.15) is 10.0 Å². The lowest BCUT2D eigenvalue weighted by molar-refractivity contribution is 0.527. The zero-order valence-corrected chi connectivity index (χ0v) is 12.6. The highest BCUT2D eigenvalue weighted by Gasteiger charge is 2.27. The van der Waals surface area contributed by atoms with E-state index in [2.05, 4.69) is 36.3 Å². The minimum atomic E-state index is 0.578. The van der Waals surface area contributed by atoms with Crippen LogP contribution in [-0.2, 0) is 6.42 Å². The number of hydrogen-bond donors (Lipinski definition) is 1. The van der Waals surface area contributed by atoms with Crippen molar-refractivity contribution in [2.75, 3.05) is 6.54 Å². The second-order valence-corrected chi connectivity index (χ2v) is 6.85. The Kier molecular flexibility index (Phi) is 5.13. The Morgan fingerprint density at radius 2 is 2.17 bits per heavy atom. The van der Waals surface area contributed by atoms with Crippen LogP contribution in [0.25, 0.3) is 0 Å². The van der Waals surface area contributed by atoms with Gasteiger partial charge in [-0.2, -0.15) is 0 Å². The van der Waals surface area contributed by atoms with E-state index in [0.29, 0.717) is 12.0 Å². The molecule has 1 aliphatic carbocycles. The van der Waals surface area contributed by atoms with Crippen LogP contribution in [0, 0.1) is 5.92 Å². The van der Waals surface area contributed by atoms with E-state index in [4.69, 9.17) is 0 Å². The number of nitrogens with one attached hydrogen (secondary N) is 1. The van der Waals surface area contributed by atoms with Gasteiger partial charge in [0.2, 0.25) is 0 Å². The lowest BCUT2D eigenvalue weighted by Crippen LogP contribution is -2.23. The van der Waals surface area contributed by atoms with Crippen LogP contribution in [0.15, 0.2) is 0 Å². The normalized spacial score (nSPS) is 24.0. The maximum absolute atomic E-state index is 4.41. The minimum absolute atomic E-state index is 0.578. The van der Waals surface area contributed by atoms with Gasteiger partial charge >= 0.3 is 0 Å². The van der Waals surface area contributed by atoms with Crippen molar-refractivity contribution in [3.8, 4) is 0 Å². The average Bonchev–Trinajstić information content (AvgIpc) is 2.92. The van der Waals surface area contributed by atoms with Gasteiger partial charge in [-0.25, -0.2) is 0 Å². The third-order valence-corrected chi connectivity index (χ3v) is 4.90. The lowest BCUT2D eigenvalue weighted by atomic mass is 9.99. The molecule has 1 N–H and O–H groups in total. The molecule has 0 aliphatic heterocycles. The van der Waals surface area contributed by atoms with Crippen LogP contribution in [0.2, 0.25) is 0 Å². The maximum atomic E-state index is 4.41. The van der Waals surface area contributed by atoms with E-state index >= 15 is 0 Å². The second kappa shape index (κ2) is 6.62. The summed E-state index contributed by atoms with van der Waals surface area (Å²) in [6.07, 6.45) is 6.26. The molecule has 18 heavy (non-hydrogen) atoms. The molecule has 0 saturated heterocycles. The molecule has 0 amide bonds. The van der Waals surface area contributed by atoms with Crippen molar-refractivity contribution < 1.29 is 0 Å². The molecule has 2 atom stereocenters. The molecule has 2 rings (SSSR count). The third-order valence-electron chi connectivity index (χ3n) is 3.78. The number of nitrogens with zero attached hydrogens (tertiary/aromatic N) is 2. The Labute approximate surface area is 114 Å². The van der Waals surface area contributed by atoms with E-state index in [0.717, 1.165) is 25.3 Å². The Morgan fingerprint density at radius 1 is 1.33 bits per heavy atom. The molecule has 1 fully saturated rings. The topological polar surface area (TPSA) is 37.8 Å². The highest BCUT2D eigenvalue weighted by Crippen LogP contribution is 2.40. The van der Waals surface area contributed by atoms with Gasteiger partial charge in [-0.1, -0.05) is 33.6 Å². The van der Waals surface area contributed by atoms with Crippen molar-refractivity contribution in [1.82, 2.24) is 15.5 Å². The largest absolute Gasteiger partial charge is 0.315 e. The number of rotatable bonds is 6. The van der Waals surface area contributed by atoms with Gasteiger partial charge in [-0.3, -0.25) is 0 Å². The summed E-state index contributed by atoms with van der Waals surface area (Å²) < 4.78 is 0. The van der Waals surface area contributed by atoms with Gasteiger partial charge in [-0.15, -0.1) is 21.5 Å². The Morgan fingerprint density at radius 3 is 2.83 bits per heavy atom. The molecule has 4 heteroatoms. The predicted octanol–water partition coefficient (Wildman–Crippen LogP) is 3.37. The summed E-state index contributed by atoms with van der Waals surface area (Å²) in [5, 5.41) is 14.7. The Hall–Kier alpha value is -0.480. The van der Waals surface area contributed by atoms with Crippen LogP contribution in [0.5, 0.6) is 0 Å². The number of aryl methyl sites for hydroxylation is 1. The highest BCUT2D eigenvalue weighted by molar-refractivity contribution is 7.11. The van der Waals surface area contributed by atoms with Crippen molar-refractivity contribution in [3.05, 3.63) is 10.0 Å². The molecule has 102 valence electrons. The van der Waals surface area contributed by atoms with Crippen molar-refractivity contribution in [2.24, 2.45) is 5.92 Å². The SMILES string of the molecule is CC(C)NCCCc1nnc(C2CCCC2C)s1. The second-order valence-electron chi connectivity index (χ2n) is 5.76. The molecule has 0 spiro atoms. The molecule has 1 heterocycles. The first-order valence-corrected chi connectivity index (χ1v) is 8.04. The summed E-state index contributed by atoms with van der Waals surface area (Å²) in [5.74, 6) is 1.48. The van der Waals surface area contributed by atoms with Crippen LogP contribution < -0.4 is 5.32 Å². The molecular weight excluding hydrogens is 242 g/mol. The molecular formula is C14H25N3S. The molecule has 0 bridgehead atoms. The summed E-state index contributed by atoms with van der Waals surface area (Å²) in [6, 6.07) is 0.578. The van der Waals surface area contributed by atoms with Crippen LogP contribution >= 0.6 is 11.3 Å². The van der Waals surface area contributed by atoms with E-state index < -0.39 is 0 Å². The first-order valence-electron chi connectivity index (χ1n) is 7.22. The number of aromatic nitrogens is 2. The van der Waals surface area contributed by atoms with E-state index in [1.807, 2.05) is 11.3 Å². The van der Waals surface area contributed by atoms with Crippen LogP contribution in [-0.4, -0.2) is 22.8 Å². The first kappa shape index (κ1) is 13.9. The summed E-state index contributed by atoms with van der Waals surface area (Å²) >= 11 is 1.84. The highest BCUT2D eigenvalue weighted by atomic mass is 32.1. The van der Waals surface area contributed by atoms with Crippen molar-refractivity contribution in [2.45, 2.75) is 64.8 Å². The lowest BCUT2D eigenvalue weighted by Gasteiger charge is -2.10. The molecule has 0 aromatic carbocycles. The van der Waals surface area contributed by atoms with Gasteiger partial charge in [0.15, 0.2) is 0 Å². The third kappa shape index (κ3) is 3.75. The van der Waals surface area contributed by atoms with Gasteiger partial charge in [0.25, 0.3) is 0 Å². The molecule has 2 unspecified atom stereocenters. The van der Waals surface area contributed by atoms with E-state index in [-0.39, 0.29) is 0 Å². The molecule has 3 nitrogen and oxygen atoms in total. The standard InChI is InChI=1S/C14H25N3S/c1-10(2)15-9-5-8-13-16-17-14(18-13)12-7-4-6-11(12)3/h10-12,15H,4-9H2,1-3H3. The van der Waals surface area contributed by atoms with Gasteiger partial charge in [0.05, 0.1) is 0 Å². The molecule has 1 aromatic rings. The Balaban J connectivity index is 1.79. The van der Waals surface area contributed by atoms with Crippen molar-refractivity contribution >= 4 is 11.3 Å². The summed E-state index contributed by atoms with van der Waals surface area (Å²) in [6.45, 7) is 7.80. The zero-order chi connectivity index (χ0) is 13.0. The summed E-state index contributed by atoms with van der Waals surface area (Å²) in [5.41, 5.74) is 0. The summed E-state index contributed by atoms with van der Waals surface area (Å²) in [4.78, 5) is 0. The van der Waals surface area contributed by atoms with E-state index in [9.17, 15) is 0 Å². The molecule has 1 aliphatic rings. The van der Waals surface area contributed by atoms with E-state index in [1.54, 1.807) is 0 Å². The first-order chi connectivity index (χ1) is 8.66. The predicted molar refractivity (Wildman–Crippen MR) is 77.1 cm³/mol. The fourth-order valence-electron chi connectivity index (χ4n) is 2.66. The van der Waals surface area contributed by atoms with Gasteiger partial charge < -0.3 is 5.32 Å². The fraction of sp³-hybridized carbons (Fsp3) is 0.857. The van der Waals surface area contributed by atoms with Gasteiger partial charge in [0, 0.05) is 18.4 Å². The average molecular weight is 267 g/mol. The Bertz CT molecular complexity index is 362.